The van der Waals surface area contributed by atoms with Crippen LogP contribution in [0.5, 0.6) is 0 Å². The first-order valence-electron chi connectivity index (χ1n) is 3.66. The Morgan fingerprint density at radius 1 is 1.67 bits per heavy atom. The highest BCUT2D eigenvalue weighted by atomic mass is 15.0. The Morgan fingerprint density at radius 2 is 2.33 bits per heavy atom. The molecule has 1 saturated heterocycles. The van der Waals surface area contributed by atoms with Crippen molar-refractivity contribution >= 4 is 0 Å². The Bertz CT molecular complexity index is 93.1. The molecule has 0 unspecified atom stereocenters. The standard InChI is InChI=1S/C7H16N2/c1-6(8)7(2)4-3-5-9-7/h6,9H,3-5,8H2,1-2H3/t6-,7-/m0/s1. The minimum Gasteiger partial charge on any atom is -0.326 e. The summed E-state index contributed by atoms with van der Waals surface area (Å²) in [5.74, 6) is 0. The third-order valence-electron chi connectivity index (χ3n) is 2.41. The minimum atomic E-state index is 0.222. The fourth-order valence-electron chi connectivity index (χ4n) is 1.31. The van der Waals surface area contributed by atoms with Crippen LogP contribution in [0.4, 0.5) is 0 Å². The molecule has 3 N–H and O–H groups in total. The van der Waals surface area contributed by atoms with Crippen molar-refractivity contribution in [3.63, 3.8) is 0 Å². The van der Waals surface area contributed by atoms with E-state index in [-0.39, 0.29) is 11.6 Å². The van der Waals surface area contributed by atoms with E-state index in [1.54, 1.807) is 0 Å². The maximum atomic E-state index is 5.77. The molecule has 0 aromatic heterocycles. The van der Waals surface area contributed by atoms with E-state index in [2.05, 4.69) is 19.2 Å². The lowest BCUT2D eigenvalue weighted by atomic mass is 9.93. The van der Waals surface area contributed by atoms with Crippen molar-refractivity contribution in [2.45, 2.75) is 38.3 Å². The molecule has 0 aliphatic carbocycles. The van der Waals surface area contributed by atoms with E-state index < -0.39 is 0 Å². The highest BCUT2D eigenvalue weighted by Crippen LogP contribution is 2.20. The third-order valence-corrected chi connectivity index (χ3v) is 2.41. The molecule has 1 rings (SSSR count). The monoisotopic (exact) mass is 128 g/mol. The highest BCUT2D eigenvalue weighted by molar-refractivity contribution is 4.94. The lowest BCUT2D eigenvalue weighted by Crippen LogP contribution is -2.50. The van der Waals surface area contributed by atoms with Crippen LogP contribution in [-0.4, -0.2) is 18.1 Å². The van der Waals surface area contributed by atoms with Crippen molar-refractivity contribution in [3.8, 4) is 0 Å². The van der Waals surface area contributed by atoms with Gasteiger partial charge in [-0.25, -0.2) is 0 Å². The number of hydrogen-bond donors (Lipinski definition) is 2. The predicted octanol–water partition coefficient (Wildman–Crippen LogP) is 0.476. The summed E-state index contributed by atoms with van der Waals surface area (Å²) >= 11 is 0. The SMILES string of the molecule is C[C@H](N)[C@]1(C)CCCN1. The smallest absolute Gasteiger partial charge is 0.0302 e. The lowest BCUT2D eigenvalue weighted by Gasteiger charge is -2.28. The van der Waals surface area contributed by atoms with E-state index in [0.29, 0.717) is 0 Å². The van der Waals surface area contributed by atoms with Gasteiger partial charge in [-0.1, -0.05) is 0 Å². The van der Waals surface area contributed by atoms with Crippen molar-refractivity contribution in [2.24, 2.45) is 5.73 Å². The normalized spacial score (nSPS) is 39.0. The van der Waals surface area contributed by atoms with Gasteiger partial charge in [0.2, 0.25) is 0 Å². The first kappa shape index (κ1) is 7.03. The second-order valence-corrected chi connectivity index (χ2v) is 3.24. The van der Waals surface area contributed by atoms with Crippen LogP contribution in [0.15, 0.2) is 0 Å². The van der Waals surface area contributed by atoms with Crippen LogP contribution in [0, 0.1) is 0 Å². The summed E-state index contributed by atoms with van der Waals surface area (Å²) < 4.78 is 0. The summed E-state index contributed by atoms with van der Waals surface area (Å²) in [7, 11) is 0. The quantitative estimate of drug-likeness (QED) is 0.539. The van der Waals surface area contributed by atoms with Gasteiger partial charge in [-0.3, -0.25) is 0 Å². The van der Waals surface area contributed by atoms with Crippen LogP contribution >= 0.6 is 0 Å². The molecule has 0 radical (unpaired) electrons. The van der Waals surface area contributed by atoms with Gasteiger partial charge in [-0.15, -0.1) is 0 Å². The maximum absolute atomic E-state index is 5.77. The molecule has 1 fully saturated rings. The second-order valence-electron chi connectivity index (χ2n) is 3.24. The zero-order valence-electron chi connectivity index (χ0n) is 6.28. The van der Waals surface area contributed by atoms with Crippen LogP contribution in [0.1, 0.15) is 26.7 Å². The fraction of sp³-hybridized carbons (Fsp3) is 1.00. The van der Waals surface area contributed by atoms with Gasteiger partial charge in [-0.2, -0.15) is 0 Å². The van der Waals surface area contributed by atoms with E-state index in [1.807, 2.05) is 0 Å². The van der Waals surface area contributed by atoms with Crippen LogP contribution < -0.4 is 11.1 Å². The molecule has 1 aliphatic rings. The van der Waals surface area contributed by atoms with Gasteiger partial charge in [0, 0.05) is 11.6 Å². The zero-order valence-corrected chi connectivity index (χ0v) is 6.28. The first-order chi connectivity index (χ1) is 4.15. The molecular weight excluding hydrogens is 112 g/mol. The van der Waals surface area contributed by atoms with Crippen molar-refractivity contribution in [1.82, 2.24) is 5.32 Å². The van der Waals surface area contributed by atoms with Crippen molar-refractivity contribution < 1.29 is 0 Å². The summed E-state index contributed by atoms with van der Waals surface area (Å²) in [6, 6.07) is 0.278. The molecule has 0 saturated carbocycles. The largest absolute Gasteiger partial charge is 0.326 e. The Balaban J connectivity index is 2.51. The summed E-state index contributed by atoms with van der Waals surface area (Å²) in [6.07, 6.45) is 2.50. The van der Waals surface area contributed by atoms with E-state index in [1.165, 1.54) is 12.8 Å². The summed E-state index contributed by atoms with van der Waals surface area (Å²) in [5.41, 5.74) is 5.99. The van der Waals surface area contributed by atoms with Crippen molar-refractivity contribution in [3.05, 3.63) is 0 Å². The van der Waals surface area contributed by atoms with Crippen LogP contribution in [-0.2, 0) is 0 Å². The van der Waals surface area contributed by atoms with Gasteiger partial charge < -0.3 is 11.1 Å². The van der Waals surface area contributed by atoms with Crippen molar-refractivity contribution in [1.29, 1.82) is 0 Å². The Kier molecular flexibility index (Phi) is 1.78. The van der Waals surface area contributed by atoms with Gasteiger partial charge in [-0.05, 0) is 33.2 Å². The van der Waals surface area contributed by atoms with Crippen LogP contribution in [0.2, 0.25) is 0 Å². The van der Waals surface area contributed by atoms with E-state index in [9.17, 15) is 0 Å². The Labute approximate surface area is 56.8 Å². The zero-order chi connectivity index (χ0) is 6.91. The van der Waals surface area contributed by atoms with E-state index in [4.69, 9.17) is 5.73 Å². The molecule has 0 spiro atoms. The number of hydrogen-bond acceptors (Lipinski definition) is 2. The van der Waals surface area contributed by atoms with Gasteiger partial charge in [0.25, 0.3) is 0 Å². The molecule has 54 valence electrons. The van der Waals surface area contributed by atoms with Crippen LogP contribution in [0.25, 0.3) is 0 Å². The molecule has 2 nitrogen and oxygen atoms in total. The third kappa shape index (κ3) is 1.25. The predicted molar refractivity (Wildman–Crippen MR) is 39.3 cm³/mol. The van der Waals surface area contributed by atoms with Gasteiger partial charge in [0.15, 0.2) is 0 Å². The number of rotatable bonds is 1. The van der Waals surface area contributed by atoms with E-state index in [0.717, 1.165) is 6.54 Å². The molecular formula is C7H16N2. The molecule has 1 heterocycles. The topological polar surface area (TPSA) is 38.0 Å². The summed E-state index contributed by atoms with van der Waals surface area (Å²) in [5, 5.41) is 3.41. The van der Waals surface area contributed by atoms with Gasteiger partial charge in [0.05, 0.1) is 0 Å². The number of nitrogens with one attached hydrogen (secondary N) is 1. The average Bonchev–Trinajstić information content (AvgIpc) is 2.16. The Hall–Kier alpha value is -0.0800. The average molecular weight is 128 g/mol. The molecule has 0 amide bonds. The van der Waals surface area contributed by atoms with Crippen LogP contribution in [0.3, 0.4) is 0 Å². The lowest BCUT2D eigenvalue weighted by molar-refractivity contribution is 0.351. The van der Waals surface area contributed by atoms with Gasteiger partial charge in [0.1, 0.15) is 0 Å². The minimum absolute atomic E-state index is 0.222. The first-order valence-corrected chi connectivity index (χ1v) is 3.66. The molecule has 9 heavy (non-hydrogen) atoms. The van der Waals surface area contributed by atoms with E-state index >= 15 is 0 Å². The molecule has 2 atom stereocenters. The maximum Gasteiger partial charge on any atom is 0.0302 e. The second kappa shape index (κ2) is 2.27. The van der Waals surface area contributed by atoms with Gasteiger partial charge >= 0.3 is 0 Å². The molecule has 0 aromatic carbocycles. The molecule has 0 aromatic rings. The van der Waals surface area contributed by atoms with Crippen molar-refractivity contribution in [2.75, 3.05) is 6.54 Å². The number of nitrogens with two attached hydrogens (primary N) is 1. The Morgan fingerprint density at radius 3 is 2.56 bits per heavy atom. The molecule has 2 heteroatoms. The summed E-state index contributed by atoms with van der Waals surface area (Å²) in [4.78, 5) is 0. The fourth-order valence-corrected chi connectivity index (χ4v) is 1.31. The summed E-state index contributed by atoms with van der Waals surface area (Å²) in [6.45, 7) is 5.40. The molecule has 1 aliphatic heterocycles. The molecule has 0 bridgehead atoms. The highest BCUT2D eigenvalue weighted by Gasteiger charge is 2.31.